The van der Waals surface area contributed by atoms with Crippen molar-refractivity contribution >= 4 is 9.84 Å². The van der Waals surface area contributed by atoms with Crippen LogP contribution in [-0.2, 0) is 16.4 Å². The van der Waals surface area contributed by atoms with E-state index in [1.165, 1.54) is 0 Å². The molecule has 0 aromatic heterocycles. The van der Waals surface area contributed by atoms with Gasteiger partial charge in [-0.1, -0.05) is 19.1 Å². The van der Waals surface area contributed by atoms with Crippen LogP contribution in [0.15, 0.2) is 24.3 Å². The highest BCUT2D eigenvalue weighted by Crippen LogP contribution is 2.07. The Hall–Kier alpha value is -1.38. The number of nitrogens with zero attached hydrogens (tertiary/aromatic N) is 2. The van der Waals surface area contributed by atoms with Crippen LogP contribution in [0.25, 0.3) is 0 Å². The van der Waals surface area contributed by atoms with E-state index in [4.69, 9.17) is 5.26 Å². The van der Waals surface area contributed by atoms with Gasteiger partial charge in [0.2, 0.25) is 0 Å². The maximum atomic E-state index is 11.4. The maximum absolute atomic E-state index is 11.4. The molecule has 4 nitrogen and oxygen atoms in total. The van der Waals surface area contributed by atoms with Crippen LogP contribution in [0.5, 0.6) is 0 Å². The molecule has 0 aliphatic heterocycles. The van der Waals surface area contributed by atoms with Crippen molar-refractivity contribution in [1.82, 2.24) is 4.90 Å². The Morgan fingerprint density at radius 3 is 2.74 bits per heavy atom. The Labute approximate surface area is 115 Å². The van der Waals surface area contributed by atoms with Crippen molar-refractivity contribution in [2.24, 2.45) is 0 Å². The van der Waals surface area contributed by atoms with Gasteiger partial charge in [-0.05, 0) is 37.7 Å². The first-order chi connectivity index (χ1) is 8.96. The van der Waals surface area contributed by atoms with Crippen LogP contribution in [0.4, 0.5) is 0 Å². The third-order valence-electron chi connectivity index (χ3n) is 2.94. The Morgan fingerprint density at radius 1 is 1.37 bits per heavy atom. The van der Waals surface area contributed by atoms with E-state index in [0.29, 0.717) is 12.0 Å². The molecule has 0 aliphatic carbocycles. The summed E-state index contributed by atoms with van der Waals surface area (Å²) in [5, 5.41) is 8.82. The smallest absolute Gasteiger partial charge is 0.150 e. The Balaban J connectivity index is 2.43. The molecule has 1 aromatic carbocycles. The second-order valence-corrected chi connectivity index (χ2v) is 7.11. The van der Waals surface area contributed by atoms with Crippen molar-refractivity contribution in [2.45, 2.75) is 19.9 Å². The van der Waals surface area contributed by atoms with E-state index in [1.807, 2.05) is 25.2 Å². The molecule has 19 heavy (non-hydrogen) atoms. The summed E-state index contributed by atoms with van der Waals surface area (Å²) in [6, 6.07) is 9.59. The molecule has 5 heteroatoms. The minimum Gasteiger partial charge on any atom is -0.302 e. The van der Waals surface area contributed by atoms with E-state index in [9.17, 15) is 8.42 Å². The summed E-state index contributed by atoms with van der Waals surface area (Å²) < 4.78 is 22.7. The average molecular weight is 280 g/mol. The number of hydrogen-bond acceptors (Lipinski definition) is 4. The molecule has 0 amide bonds. The lowest BCUT2D eigenvalue weighted by atomic mass is 10.1. The molecule has 0 aliphatic rings. The second kappa shape index (κ2) is 7.27. The van der Waals surface area contributed by atoms with Crippen molar-refractivity contribution in [3.8, 4) is 6.07 Å². The molecule has 0 radical (unpaired) electrons. The topological polar surface area (TPSA) is 61.2 Å². The van der Waals surface area contributed by atoms with Gasteiger partial charge in [0, 0.05) is 12.3 Å². The largest absolute Gasteiger partial charge is 0.302 e. The van der Waals surface area contributed by atoms with Gasteiger partial charge in [-0.2, -0.15) is 5.26 Å². The molecule has 0 bridgehead atoms. The number of nitriles is 1. The quantitative estimate of drug-likeness (QED) is 0.764. The number of benzene rings is 1. The molecule has 1 aromatic rings. The van der Waals surface area contributed by atoms with Gasteiger partial charge in [-0.3, -0.25) is 0 Å². The first-order valence-corrected chi connectivity index (χ1v) is 8.17. The molecular weight excluding hydrogens is 260 g/mol. The highest BCUT2D eigenvalue weighted by Gasteiger charge is 2.08. The summed E-state index contributed by atoms with van der Waals surface area (Å²) in [7, 11) is -0.912. The van der Waals surface area contributed by atoms with Gasteiger partial charge in [-0.15, -0.1) is 0 Å². The van der Waals surface area contributed by atoms with E-state index >= 15 is 0 Å². The lowest BCUT2D eigenvalue weighted by molar-refractivity contribution is 0.328. The molecule has 104 valence electrons. The Bertz CT molecular complexity index is 547. The Morgan fingerprint density at radius 2 is 2.11 bits per heavy atom. The normalized spacial score (nSPS) is 11.5. The van der Waals surface area contributed by atoms with E-state index in [2.05, 4.69) is 11.0 Å². The monoisotopic (exact) mass is 280 g/mol. The van der Waals surface area contributed by atoms with E-state index in [0.717, 1.165) is 18.7 Å². The fourth-order valence-electron chi connectivity index (χ4n) is 1.83. The predicted molar refractivity (Wildman–Crippen MR) is 76.4 cm³/mol. The molecule has 0 unspecified atom stereocenters. The summed E-state index contributed by atoms with van der Waals surface area (Å²) in [4.78, 5) is 2.07. The van der Waals surface area contributed by atoms with Crippen LogP contribution < -0.4 is 0 Å². The fraction of sp³-hybridized carbons (Fsp3) is 0.500. The third kappa shape index (κ3) is 5.86. The molecule has 0 spiro atoms. The highest BCUT2D eigenvalue weighted by atomic mass is 32.2. The maximum Gasteiger partial charge on any atom is 0.150 e. The van der Waals surface area contributed by atoms with Crippen LogP contribution >= 0.6 is 0 Å². The first kappa shape index (κ1) is 15.7. The molecule has 0 heterocycles. The number of sulfone groups is 1. The van der Waals surface area contributed by atoms with E-state index in [-0.39, 0.29) is 11.5 Å². The van der Waals surface area contributed by atoms with Crippen molar-refractivity contribution in [2.75, 3.05) is 25.1 Å². The van der Waals surface area contributed by atoms with Crippen LogP contribution in [0.2, 0.25) is 0 Å². The molecule has 0 saturated carbocycles. The van der Waals surface area contributed by atoms with Gasteiger partial charge in [-0.25, -0.2) is 8.42 Å². The lowest BCUT2D eigenvalue weighted by Gasteiger charge is -2.16. The summed E-state index contributed by atoms with van der Waals surface area (Å²) in [5.41, 5.74) is 1.72. The summed E-state index contributed by atoms with van der Waals surface area (Å²) in [5.74, 6) is 0.451. The minimum atomic E-state index is -2.87. The zero-order valence-corrected chi connectivity index (χ0v) is 12.3. The average Bonchev–Trinajstić information content (AvgIpc) is 2.38. The fourth-order valence-corrected chi connectivity index (χ4v) is 2.69. The molecule has 0 saturated heterocycles. The second-order valence-electron chi connectivity index (χ2n) is 4.64. The summed E-state index contributed by atoms with van der Waals surface area (Å²) in [6.07, 6.45) is 0.643. The third-order valence-corrected chi connectivity index (χ3v) is 4.73. The highest BCUT2D eigenvalue weighted by molar-refractivity contribution is 7.91. The van der Waals surface area contributed by atoms with Gasteiger partial charge in [0.15, 0.2) is 0 Å². The predicted octanol–water partition coefficient (Wildman–Crippen LogP) is 1.81. The summed E-state index contributed by atoms with van der Waals surface area (Å²) >= 11 is 0. The van der Waals surface area contributed by atoms with Crippen molar-refractivity contribution in [3.05, 3.63) is 35.4 Å². The van der Waals surface area contributed by atoms with Crippen LogP contribution in [0.3, 0.4) is 0 Å². The molecule has 0 fully saturated rings. The minimum absolute atomic E-state index is 0.209. The summed E-state index contributed by atoms with van der Waals surface area (Å²) in [6.45, 7) is 3.13. The van der Waals surface area contributed by atoms with E-state index < -0.39 is 9.84 Å². The van der Waals surface area contributed by atoms with Crippen LogP contribution in [0, 0.1) is 11.3 Å². The zero-order valence-electron chi connectivity index (χ0n) is 11.5. The number of hydrogen-bond donors (Lipinski definition) is 0. The molecule has 0 atom stereocenters. The molecule has 0 N–H and O–H groups in total. The van der Waals surface area contributed by atoms with E-state index in [1.54, 1.807) is 13.0 Å². The SMILES string of the molecule is CCS(=O)(=O)CCCN(C)Cc1cccc(C#N)c1. The van der Waals surface area contributed by atoms with Gasteiger partial charge in [0.25, 0.3) is 0 Å². The van der Waals surface area contributed by atoms with Crippen molar-refractivity contribution < 1.29 is 8.42 Å². The van der Waals surface area contributed by atoms with Gasteiger partial charge in [0.1, 0.15) is 9.84 Å². The van der Waals surface area contributed by atoms with Crippen LogP contribution in [0.1, 0.15) is 24.5 Å². The lowest BCUT2D eigenvalue weighted by Crippen LogP contribution is -2.22. The van der Waals surface area contributed by atoms with Crippen molar-refractivity contribution in [1.29, 1.82) is 5.26 Å². The molecule has 1 rings (SSSR count). The first-order valence-electron chi connectivity index (χ1n) is 6.35. The van der Waals surface area contributed by atoms with Gasteiger partial charge < -0.3 is 4.90 Å². The van der Waals surface area contributed by atoms with Crippen molar-refractivity contribution in [3.63, 3.8) is 0 Å². The van der Waals surface area contributed by atoms with Gasteiger partial charge in [0.05, 0.1) is 17.4 Å². The zero-order chi connectivity index (χ0) is 14.3. The van der Waals surface area contributed by atoms with Gasteiger partial charge >= 0.3 is 0 Å². The van der Waals surface area contributed by atoms with Crippen LogP contribution in [-0.4, -0.2) is 38.4 Å². The standard InChI is InChI=1S/C14H20N2O2S/c1-3-19(17,18)9-5-8-16(2)12-14-7-4-6-13(10-14)11-15/h4,6-7,10H,3,5,8-9,12H2,1-2H3. The molecular formula is C14H20N2O2S. The Kier molecular flexibility index (Phi) is 6.00. The number of rotatable bonds is 7.